The molecule has 0 aromatic heterocycles. The second-order valence-electron chi connectivity index (χ2n) is 20.5. The topological polar surface area (TPSA) is 305 Å². The molecule has 21 nitrogen and oxygen atoms in total. The molecule has 0 spiro atoms. The van der Waals surface area contributed by atoms with Gasteiger partial charge in [0.1, 0.15) is 25.4 Å². The summed E-state index contributed by atoms with van der Waals surface area (Å²) in [6, 6.07) is -1.06. The van der Waals surface area contributed by atoms with Crippen LogP contribution in [0, 0.1) is 39.9 Å². The fourth-order valence-electron chi connectivity index (χ4n) is 8.15. The third kappa shape index (κ3) is 19.2. The van der Waals surface area contributed by atoms with E-state index in [4.69, 9.17) is 24.4 Å². The molecule has 2 bridgehead atoms. The Balaban J connectivity index is 0.000000356. The van der Waals surface area contributed by atoms with Gasteiger partial charge in [-0.05, 0) is 137 Å². The average Bonchev–Trinajstić information content (AvgIpc) is 3.93. The van der Waals surface area contributed by atoms with Gasteiger partial charge in [-0.1, -0.05) is 20.8 Å². The third-order valence-electron chi connectivity index (χ3n) is 14.3. The normalized spacial score (nSPS) is 22.2. The van der Waals surface area contributed by atoms with E-state index in [1.54, 1.807) is 18.7 Å². The maximum atomic E-state index is 12.1. The van der Waals surface area contributed by atoms with E-state index in [9.17, 15) is 48.3 Å². The number of likely N-dealkylation sites (tertiary alicyclic amines) is 1. The number of nitrogens with zero attached hydrogens (tertiary/aromatic N) is 1. The fourth-order valence-corrected chi connectivity index (χ4v) is 8.15. The number of urea groups is 3. The molecule has 8 N–H and O–H groups in total. The molecule has 6 amide bonds. The second kappa shape index (κ2) is 27.7. The number of rotatable bonds is 20. The molecule has 0 aromatic carbocycles. The lowest BCUT2D eigenvalue weighted by Gasteiger charge is -2.34. The van der Waals surface area contributed by atoms with Gasteiger partial charge in [0.15, 0.2) is 0 Å². The molecular weight excluding hydrogens is 901 g/mol. The van der Waals surface area contributed by atoms with Gasteiger partial charge in [-0.25, -0.2) is 19.2 Å². The van der Waals surface area contributed by atoms with Crippen molar-refractivity contribution in [2.75, 3.05) is 52.5 Å². The predicted molar refractivity (Wildman–Crippen MR) is 253 cm³/mol. The summed E-state index contributed by atoms with van der Waals surface area (Å²) in [5.41, 5.74) is -2.71. The molecular formula is C48H82N6O15. The minimum Gasteiger partial charge on any atom is -0.481 e. The molecule has 3 saturated carbocycles. The number of ether oxygens (including phenoxy) is 3. The minimum absolute atomic E-state index is 0.00664. The van der Waals surface area contributed by atoms with Crippen LogP contribution in [0.1, 0.15) is 146 Å². The maximum Gasteiger partial charge on any atom is 0.329 e. The van der Waals surface area contributed by atoms with E-state index in [1.165, 1.54) is 0 Å². The highest BCUT2D eigenvalue weighted by atomic mass is 16.5. The first kappa shape index (κ1) is 59.8. The van der Waals surface area contributed by atoms with Crippen LogP contribution >= 0.6 is 0 Å². The quantitative estimate of drug-likeness (QED) is 0.0437. The van der Waals surface area contributed by atoms with Crippen LogP contribution in [0.15, 0.2) is 0 Å². The number of carboxylic acid groups (broad SMARTS) is 3. The molecule has 3 atom stereocenters. The fraction of sp³-hybridized carbons (Fsp3) is 0.812. The Morgan fingerprint density at radius 2 is 0.986 bits per heavy atom. The van der Waals surface area contributed by atoms with Gasteiger partial charge in [0, 0.05) is 19.1 Å². The van der Waals surface area contributed by atoms with Crippen LogP contribution in [0.3, 0.4) is 0 Å². The van der Waals surface area contributed by atoms with E-state index >= 15 is 0 Å². The van der Waals surface area contributed by atoms with Crippen molar-refractivity contribution in [1.29, 1.82) is 0 Å². The van der Waals surface area contributed by atoms with E-state index < -0.39 is 45.7 Å². The van der Waals surface area contributed by atoms with Crippen LogP contribution in [0.4, 0.5) is 14.4 Å². The first-order chi connectivity index (χ1) is 32.2. The zero-order chi connectivity index (χ0) is 52.2. The third-order valence-corrected chi connectivity index (χ3v) is 14.3. The number of amides is 6. The van der Waals surface area contributed by atoms with Crippen molar-refractivity contribution in [3.8, 4) is 0 Å². The zero-order valence-electron chi connectivity index (χ0n) is 42.4. The molecule has 1 heterocycles. The van der Waals surface area contributed by atoms with Gasteiger partial charge in [-0.2, -0.15) is 0 Å². The number of nitrogens with one attached hydrogen (secondary N) is 5. The summed E-state index contributed by atoms with van der Waals surface area (Å²) in [5, 5.41) is 40.8. The van der Waals surface area contributed by atoms with Crippen molar-refractivity contribution >= 4 is 53.9 Å². The highest BCUT2D eigenvalue weighted by Crippen LogP contribution is 2.51. The summed E-state index contributed by atoms with van der Waals surface area (Å²) >= 11 is 0. The number of carboxylic acids is 3. The van der Waals surface area contributed by atoms with Crippen molar-refractivity contribution in [2.45, 2.75) is 157 Å². The number of piperidine rings is 1. The van der Waals surface area contributed by atoms with Gasteiger partial charge in [0.2, 0.25) is 0 Å². The number of aliphatic carboxylic acids is 3. The molecule has 0 radical (unpaired) electrons. The lowest BCUT2D eigenvalue weighted by molar-refractivity contribution is -0.154. The Hall–Kier alpha value is -5.37. The summed E-state index contributed by atoms with van der Waals surface area (Å²) in [6.45, 7) is 18.5. The van der Waals surface area contributed by atoms with E-state index in [0.717, 1.165) is 19.3 Å². The largest absolute Gasteiger partial charge is 0.481 e. The molecule has 69 heavy (non-hydrogen) atoms. The highest BCUT2D eigenvalue weighted by molar-refractivity contribution is 5.87. The van der Waals surface area contributed by atoms with Crippen molar-refractivity contribution in [3.63, 3.8) is 0 Å². The van der Waals surface area contributed by atoms with Gasteiger partial charge in [-0.15, -0.1) is 0 Å². The number of esters is 3. The highest BCUT2D eigenvalue weighted by Gasteiger charge is 2.57. The van der Waals surface area contributed by atoms with Gasteiger partial charge < -0.3 is 61.0 Å². The standard InChI is InChI=1S/C17H28N2O5.C16H28N2O5.C15H26N2O5/c1-4-16(2,3)14(22)24-8-7-18-15(23)19-17(13(20)21)10-11-5-6-12(17)9-11;1-4-16(2,3)14(21)23-10-9-17-15(22)18-12-7-5-11(6-8-12)13(19)20;1-4-15(2,3)13(20)22-10-7-16-14(21)17-8-5-11(6-9-17)12(18)19/h11-12H,4-10H2,1-3H3,(H,20,21)(H2,18,19,23);11-12H,4-10H2,1-3H3,(H,19,20)(H2,17,18,22);11H,4-10H2,1-3H3,(H,16,21)(H,18,19). The first-order valence-corrected chi connectivity index (χ1v) is 24.6. The van der Waals surface area contributed by atoms with Crippen LogP contribution in [0.25, 0.3) is 0 Å². The molecule has 0 aromatic rings. The monoisotopic (exact) mass is 983 g/mol. The predicted octanol–water partition coefficient (Wildman–Crippen LogP) is 5.29. The maximum absolute atomic E-state index is 12.1. The van der Waals surface area contributed by atoms with Gasteiger partial charge in [0.05, 0.1) is 47.7 Å². The number of hydrogen-bond donors (Lipinski definition) is 8. The van der Waals surface area contributed by atoms with E-state index in [-0.39, 0.29) is 93.2 Å². The Kier molecular flexibility index (Phi) is 24.0. The summed E-state index contributed by atoms with van der Waals surface area (Å²) in [5.74, 6) is -3.62. The van der Waals surface area contributed by atoms with Gasteiger partial charge in [-0.3, -0.25) is 24.0 Å². The summed E-state index contributed by atoms with van der Waals surface area (Å²) in [4.78, 5) is 106. The van der Waals surface area contributed by atoms with Crippen molar-refractivity contribution in [1.82, 2.24) is 31.5 Å². The Morgan fingerprint density at radius 1 is 0.565 bits per heavy atom. The van der Waals surface area contributed by atoms with Crippen LogP contribution in [-0.2, 0) is 43.0 Å². The van der Waals surface area contributed by atoms with Gasteiger partial charge in [0.25, 0.3) is 0 Å². The molecule has 4 rings (SSSR count). The van der Waals surface area contributed by atoms with E-state index in [0.29, 0.717) is 83.2 Å². The van der Waals surface area contributed by atoms with Crippen LogP contribution in [-0.4, -0.2) is 138 Å². The Bertz CT molecular complexity index is 1760. The number of hydrogen-bond acceptors (Lipinski definition) is 12. The molecule has 21 heteroatoms. The molecule has 1 aliphatic heterocycles. The lowest BCUT2D eigenvalue weighted by Crippen LogP contribution is -2.60. The molecule has 3 unspecified atom stereocenters. The lowest BCUT2D eigenvalue weighted by atomic mass is 9.81. The number of carbonyl (C=O) groups is 9. The van der Waals surface area contributed by atoms with E-state index in [1.807, 2.05) is 48.5 Å². The Labute approximate surface area is 407 Å². The number of carbonyl (C=O) groups excluding carboxylic acids is 6. The minimum atomic E-state index is -1.14. The van der Waals surface area contributed by atoms with E-state index in [2.05, 4.69) is 26.6 Å². The zero-order valence-corrected chi connectivity index (χ0v) is 42.4. The second-order valence-corrected chi connectivity index (χ2v) is 20.5. The summed E-state index contributed by atoms with van der Waals surface area (Å²) in [6.07, 6.45) is 8.79. The molecule has 3 aliphatic carbocycles. The molecule has 4 fully saturated rings. The van der Waals surface area contributed by atoms with Crippen LogP contribution in [0.5, 0.6) is 0 Å². The van der Waals surface area contributed by atoms with Crippen molar-refractivity contribution in [3.05, 3.63) is 0 Å². The van der Waals surface area contributed by atoms with Crippen LogP contribution in [0.2, 0.25) is 0 Å². The first-order valence-electron chi connectivity index (χ1n) is 24.6. The van der Waals surface area contributed by atoms with Crippen molar-refractivity contribution in [2.24, 2.45) is 39.9 Å². The number of fused-ring (bicyclic) bond motifs is 2. The smallest absolute Gasteiger partial charge is 0.329 e. The summed E-state index contributed by atoms with van der Waals surface area (Å²) in [7, 11) is 0. The van der Waals surface area contributed by atoms with Crippen molar-refractivity contribution < 1.29 is 72.7 Å². The molecule has 1 saturated heterocycles. The summed E-state index contributed by atoms with van der Waals surface area (Å²) < 4.78 is 15.4. The average molecular weight is 983 g/mol. The van der Waals surface area contributed by atoms with Gasteiger partial charge >= 0.3 is 53.9 Å². The SMILES string of the molecule is CCC(C)(C)C(=O)OCCNC(=O)N1CCC(C(=O)O)CC1.CCC(C)(C)C(=O)OCCNC(=O)NC1(C(=O)O)CC2CCC1C2.CCC(C)(C)C(=O)OCCNC(=O)NC1CCC(C(=O)O)CC1. The Morgan fingerprint density at radius 3 is 1.36 bits per heavy atom. The van der Waals surface area contributed by atoms with Crippen LogP contribution < -0.4 is 26.6 Å². The molecule has 394 valence electrons. The molecule has 4 aliphatic rings.